The standard InChI is InChI=1S/C29H24N8S/c1-16-6-2-4-8-20(16)26-19(12-17-7-3-5-9-21(17)36-26)14-33-28-24(27(31)34-15-35-28)25(30)18-10-11-22-23(13-18)38-29(32)37-22/h2-13,15,30H,14H2,1H3,(H2,32,37)(H3,31,33,34,35). The number of anilines is 3. The largest absolute Gasteiger partial charge is 0.383 e. The third-order valence-corrected chi connectivity index (χ3v) is 7.32. The first-order valence-electron chi connectivity index (χ1n) is 12.0. The number of nitrogen functional groups attached to an aromatic ring is 2. The van der Waals surface area contributed by atoms with Crippen molar-refractivity contribution in [3.63, 3.8) is 0 Å². The number of hydrogen-bond donors (Lipinski definition) is 4. The zero-order valence-electron chi connectivity index (χ0n) is 20.6. The monoisotopic (exact) mass is 516 g/mol. The molecule has 0 aliphatic heterocycles. The van der Waals surface area contributed by atoms with E-state index in [1.54, 1.807) is 0 Å². The van der Waals surface area contributed by atoms with Crippen LogP contribution in [0.2, 0.25) is 0 Å². The van der Waals surface area contributed by atoms with Crippen LogP contribution in [0.3, 0.4) is 0 Å². The normalized spacial score (nSPS) is 11.2. The van der Waals surface area contributed by atoms with Crippen molar-refractivity contribution in [1.29, 1.82) is 5.41 Å². The number of nitrogens with one attached hydrogen (secondary N) is 2. The lowest BCUT2D eigenvalue weighted by Gasteiger charge is -2.16. The number of para-hydroxylation sites is 1. The second-order valence-electron chi connectivity index (χ2n) is 8.95. The molecule has 3 heterocycles. The number of hydrogen-bond acceptors (Lipinski definition) is 9. The van der Waals surface area contributed by atoms with E-state index in [0.29, 0.717) is 28.6 Å². The van der Waals surface area contributed by atoms with E-state index in [0.717, 1.165) is 43.5 Å². The Morgan fingerprint density at radius 1 is 0.921 bits per heavy atom. The Labute approximate surface area is 222 Å². The topological polar surface area (TPSA) is 139 Å². The summed E-state index contributed by atoms with van der Waals surface area (Å²) >= 11 is 1.38. The minimum Gasteiger partial charge on any atom is -0.383 e. The van der Waals surface area contributed by atoms with Gasteiger partial charge in [0.25, 0.3) is 0 Å². The fraction of sp³-hybridized carbons (Fsp3) is 0.0690. The quantitative estimate of drug-likeness (QED) is 0.205. The molecule has 0 saturated heterocycles. The number of aryl methyl sites for hydroxylation is 1. The van der Waals surface area contributed by atoms with Crippen LogP contribution in [0.1, 0.15) is 22.3 Å². The molecule has 0 aliphatic rings. The molecule has 0 spiro atoms. The van der Waals surface area contributed by atoms with E-state index in [-0.39, 0.29) is 11.5 Å². The highest BCUT2D eigenvalue weighted by Gasteiger charge is 2.18. The Kier molecular flexibility index (Phi) is 5.89. The zero-order chi connectivity index (χ0) is 26.2. The van der Waals surface area contributed by atoms with Crippen molar-refractivity contribution in [1.82, 2.24) is 19.9 Å². The summed E-state index contributed by atoms with van der Waals surface area (Å²) in [5.41, 5.74) is 19.3. The molecule has 0 atom stereocenters. The van der Waals surface area contributed by atoms with E-state index in [1.165, 1.54) is 17.7 Å². The second kappa shape index (κ2) is 9.53. The highest BCUT2D eigenvalue weighted by molar-refractivity contribution is 7.22. The molecular weight excluding hydrogens is 492 g/mol. The van der Waals surface area contributed by atoms with E-state index in [2.05, 4.69) is 51.5 Å². The Morgan fingerprint density at radius 3 is 2.61 bits per heavy atom. The molecule has 0 radical (unpaired) electrons. The Hall–Kier alpha value is -4.89. The first kappa shape index (κ1) is 23.5. The molecule has 186 valence electrons. The fourth-order valence-electron chi connectivity index (χ4n) is 4.57. The number of pyridine rings is 1. The van der Waals surface area contributed by atoms with Crippen LogP contribution >= 0.6 is 11.3 Å². The summed E-state index contributed by atoms with van der Waals surface area (Å²) in [7, 11) is 0. The summed E-state index contributed by atoms with van der Waals surface area (Å²) in [4.78, 5) is 17.9. The van der Waals surface area contributed by atoms with Gasteiger partial charge in [0, 0.05) is 23.1 Å². The third-order valence-electron chi connectivity index (χ3n) is 6.47. The molecule has 6 N–H and O–H groups in total. The van der Waals surface area contributed by atoms with Gasteiger partial charge in [-0.3, -0.25) is 5.41 Å². The van der Waals surface area contributed by atoms with Gasteiger partial charge < -0.3 is 16.8 Å². The van der Waals surface area contributed by atoms with Gasteiger partial charge in [0.2, 0.25) is 0 Å². The van der Waals surface area contributed by atoms with Crippen LogP contribution in [-0.4, -0.2) is 25.6 Å². The van der Waals surface area contributed by atoms with Gasteiger partial charge >= 0.3 is 0 Å². The van der Waals surface area contributed by atoms with Crippen molar-refractivity contribution in [2.45, 2.75) is 13.5 Å². The molecular formula is C29H24N8S. The number of nitrogens with two attached hydrogens (primary N) is 2. The molecule has 0 unspecified atom stereocenters. The molecule has 6 aromatic rings. The van der Waals surface area contributed by atoms with Gasteiger partial charge in [0.05, 0.1) is 32.7 Å². The van der Waals surface area contributed by atoms with Crippen molar-refractivity contribution in [2.24, 2.45) is 0 Å². The maximum absolute atomic E-state index is 8.97. The highest BCUT2D eigenvalue weighted by Crippen LogP contribution is 2.31. The lowest BCUT2D eigenvalue weighted by molar-refractivity contribution is 1.07. The van der Waals surface area contributed by atoms with Crippen LogP contribution in [0, 0.1) is 12.3 Å². The predicted octanol–water partition coefficient (Wildman–Crippen LogP) is 5.80. The zero-order valence-corrected chi connectivity index (χ0v) is 21.4. The van der Waals surface area contributed by atoms with Gasteiger partial charge in [-0.25, -0.2) is 19.9 Å². The smallest absolute Gasteiger partial charge is 0.181 e. The van der Waals surface area contributed by atoms with Gasteiger partial charge in [-0.05, 0) is 42.3 Å². The van der Waals surface area contributed by atoms with Crippen molar-refractivity contribution in [3.8, 4) is 11.3 Å². The fourth-order valence-corrected chi connectivity index (χ4v) is 5.34. The molecule has 38 heavy (non-hydrogen) atoms. The predicted molar refractivity (Wildman–Crippen MR) is 156 cm³/mol. The molecule has 3 aromatic heterocycles. The van der Waals surface area contributed by atoms with Crippen LogP contribution in [0.5, 0.6) is 0 Å². The van der Waals surface area contributed by atoms with E-state index < -0.39 is 0 Å². The number of nitrogens with zero attached hydrogens (tertiary/aromatic N) is 4. The lowest BCUT2D eigenvalue weighted by atomic mass is 9.99. The Balaban J connectivity index is 1.39. The average molecular weight is 517 g/mol. The van der Waals surface area contributed by atoms with Crippen molar-refractivity contribution in [3.05, 3.63) is 101 Å². The molecule has 0 amide bonds. The number of fused-ring (bicyclic) bond motifs is 2. The van der Waals surface area contributed by atoms with Gasteiger partial charge in [-0.1, -0.05) is 59.9 Å². The van der Waals surface area contributed by atoms with Crippen LogP contribution in [-0.2, 0) is 6.54 Å². The minimum atomic E-state index is 0.218. The van der Waals surface area contributed by atoms with Gasteiger partial charge in [0.1, 0.15) is 18.0 Å². The molecule has 0 saturated carbocycles. The van der Waals surface area contributed by atoms with Gasteiger partial charge in [0.15, 0.2) is 5.13 Å². The summed E-state index contributed by atoms with van der Waals surface area (Å²) in [6, 6.07) is 24.0. The van der Waals surface area contributed by atoms with Crippen LogP contribution < -0.4 is 16.8 Å². The van der Waals surface area contributed by atoms with Crippen molar-refractivity contribution in [2.75, 3.05) is 16.8 Å². The first-order valence-corrected chi connectivity index (χ1v) is 12.8. The molecule has 3 aromatic carbocycles. The molecule has 9 heteroatoms. The number of benzene rings is 3. The average Bonchev–Trinajstić information content (AvgIpc) is 3.30. The lowest BCUT2D eigenvalue weighted by Crippen LogP contribution is -2.14. The third kappa shape index (κ3) is 4.29. The van der Waals surface area contributed by atoms with Crippen LogP contribution in [0.4, 0.5) is 16.8 Å². The second-order valence-corrected chi connectivity index (χ2v) is 10.0. The van der Waals surface area contributed by atoms with Gasteiger partial charge in [-0.2, -0.15) is 0 Å². The molecule has 0 aliphatic carbocycles. The summed E-state index contributed by atoms with van der Waals surface area (Å²) < 4.78 is 0.903. The van der Waals surface area contributed by atoms with Crippen LogP contribution in [0.25, 0.3) is 32.4 Å². The summed E-state index contributed by atoms with van der Waals surface area (Å²) in [5.74, 6) is 0.711. The minimum absolute atomic E-state index is 0.218. The highest BCUT2D eigenvalue weighted by atomic mass is 32.1. The van der Waals surface area contributed by atoms with E-state index in [4.69, 9.17) is 21.9 Å². The molecule has 6 rings (SSSR count). The van der Waals surface area contributed by atoms with E-state index in [1.807, 2.05) is 48.5 Å². The number of thiazole rings is 1. The molecule has 0 bridgehead atoms. The van der Waals surface area contributed by atoms with E-state index in [9.17, 15) is 0 Å². The van der Waals surface area contributed by atoms with E-state index >= 15 is 0 Å². The summed E-state index contributed by atoms with van der Waals surface area (Å²) in [6.07, 6.45) is 1.41. The van der Waals surface area contributed by atoms with Crippen molar-refractivity contribution < 1.29 is 0 Å². The van der Waals surface area contributed by atoms with Gasteiger partial charge in [-0.15, -0.1) is 0 Å². The maximum atomic E-state index is 8.97. The van der Waals surface area contributed by atoms with Crippen LogP contribution in [0.15, 0.2) is 79.1 Å². The summed E-state index contributed by atoms with van der Waals surface area (Å²) in [5, 5.41) is 13.9. The maximum Gasteiger partial charge on any atom is 0.181 e. The number of aromatic nitrogens is 4. The first-order chi connectivity index (χ1) is 18.5. The Morgan fingerprint density at radius 2 is 1.74 bits per heavy atom. The SMILES string of the molecule is Cc1ccccc1-c1nc2ccccc2cc1CNc1ncnc(N)c1C(=N)c1ccc2nc(N)sc2c1. The number of rotatable bonds is 6. The Bertz CT molecular complexity index is 1840. The summed E-state index contributed by atoms with van der Waals surface area (Å²) in [6.45, 7) is 2.52. The molecule has 0 fully saturated rings. The molecule has 8 nitrogen and oxygen atoms in total. The van der Waals surface area contributed by atoms with Crippen molar-refractivity contribution >= 4 is 54.9 Å².